The van der Waals surface area contributed by atoms with E-state index in [0.29, 0.717) is 6.07 Å². The lowest BCUT2D eigenvalue weighted by Gasteiger charge is -2.29. The van der Waals surface area contributed by atoms with E-state index in [1.807, 2.05) is 0 Å². The fraction of sp³-hybridized carbons (Fsp3) is 0.538. The van der Waals surface area contributed by atoms with Gasteiger partial charge in [0.25, 0.3) is 0 Å². The van der Waals surface area contributed by atoms with E-state index in [2.05, 4.69) is 4.72 Å². The molecule has 1 fully saturated rings. The summed E-state index contributed by atoms with van der Waals surface area (Å²) in [5.41, 5.74) is 3.80. The second-order valence-corrected chi connectivity index (χ2v) is 7.21. The van der Waals surface area contributed by atoms with Crippen molar-refractivity contribution in [3.05, 3.63) is 29.8 Å². The molecule has 118 valence electrons. The largest absolute Gasteiger partial charge is 0.416 e. The molecule has 1 saturated carbocycles. The number of hydrogen-bond donors (Lipinski definition) is 2. The zero-order valence-electron chi connectivity index (χ0n) is 11.4. The van der Waals surface area contributed by atoms with Crippen LogP contribution in [0.4, 0.5) is 13.2 Å². The van der Waals surface area contributed by atoms with Crippen molar-refractivity contribution in [2.24, 2.45) is 11.7 Å². The molecule has 1 aromatic rings. The Bertz CT molecular complexity index is 627. The molecule has 0 amide bonds. The molecule has 4 nitrogen and oxygen atoms in total. The summed E-state index contributed by atoms with van der Waals surface area (Å²) in [6, 6.07) is 3.68. The molecule has 0 radical (unpaired) electrons. The first kappa shape index (κ1) is 16.3. The minimum atomic E-state index is -4.58. The van der Waals surface area contributed by atoms with Gasteiger partial charge >= 0.3 is 6.18 Å². The molecule has 0 aromatic heterocycles. The molecule has 1 atom stereocenters. The van der Waals surface area contributed by atoms with E-state index in [4.69, 9.17) is 5.73 Å². The summed E-state index contributed by atoms with van der Waals surface area (Å²) < 4.78 is 65.0. The van der Waals surface area contributed by atoms with Gasteiger partial charge in [-0.1, -0.05) is 6.07 Å². The van der Waals surface area contributed by atoms with Gasteiger partial charge in [-0.3, -0.25) is 0 Å². The summed E-state index contributed by atoms with van der Waals surface area (Å²) in [5, 5.41) is 0. The minimum Gasteiger partial charge on any atom is -0.329 e. The Kier molecular flexibility index (Phi) is 4.07. The summed E-state index contributed by atoms with van der Waals surface area (Å²) >= 11 is 0. The molecule has 0 saturated heterocycles. The Balaban J connectivity index is 2.31. The van der Waals surface area contributed by atoms with Crippen LogP contribution in [-0.4, -0.2) is 20.5 Å². The van der Waals surface area contributed by atoms with Crippen molar-refractivity contribution in [3.63, 3.8) is 0 Å². The number of benzene rings is 1. The van der Waals surface area contributed by atoms with Gasteiger partial charge in [0.05, 0.1) is 10.5 Å². The van der Waals surface area contributed by atoms with Crippen molar-refractivity contribution in [2.45, 2.75) is 36.4 Å². The lowest BCUT2D eigenvalue weighted by atomic mass is 9.98. The van der Waals surface area contributed by atoms with Gasteiger partial charge in [0.1, 0.15) is 0 Å². The van der Waals surface area contributed by atoms with E-state index >= 15 is 0 Å². The average Bonchev–Trinajstić information content (AvgIpc) is 3.22. The van der Waals surface area contributed by atoms with E-state index < -0.39 is 32.2 Å². The fourth-order valence-corrected chi connectivity index (χ4v) is 3.74. The Morgan fingerprint density at radius 2 is 1.95 bits per heavy atom. The zero-order chi connectivity index (χ0) is 15.9. The standard InChI is InChI=1S/C13H17F3N2O2S/c1-12(8-17,9-5-6-9)18-21(19,20)11-4-2-3-10(7-11)13(14,15)16/h2-4,7,9,18H,5-6,8,17H2,1H3. The quantitative estimate of drug-likeness (QED) is 0.872. The molecule has 3 N–H and O–H groups in total. The van der Waals surface area contributed by atoms with E-state index in [1.54, 1.807) is 6.92 Å². The van der Waals surface area contributed by atoms with Gasteiger partial charge in [-0.05, 0) is 43.9 Å². The predicted molar refractivity (Wildman–Crippen MR) is 71.9 cm³/mol. The predicted octanol–water partition coefficient (Wildman–Crippen LogP) is 2.11. The summed E-state index contributed by atoms with van der Waals surface area (Å²) in [6.45, 7) is 1.77. The minimum absolute atomic E-state index is 0.0931. The maximum absolute atomic E-state index is 12.7. The fourth-order valence-electron chi connectivity index (χ4n) is 2.22. The molecule has 2 rings (SSSR count). The maximum atomic E-state index is 12.7. The van der Waals surface area contributed by atoms with Crippen molar-refractivity contribution in [1.29, 1.82) is 0 Å². The molecule has 1 aromatic carbocycles. The van der Waals surface area contributed by atoms with Crippen LogP contribution in [0.15, 0.2) is 29.2 Å². The van der Waals surface area contributed by atoms with Crippen molar-refractivity contribution < 1.29 is 21.6 Å². The Labute approximate surface area is 121 Å². The third kappa shape index (κ3) is 3.56. The van der Waals surface area contributed by atoms with E-state index in [9.17, 15) is 21.6 Å². The number of nitrogens with one attached hydrogen (secondary N) is 1. The van der Waals surface area contributed by atoms with Gasteiger partial charge in [-0.25, -0.2) is 13.1 Å². The average molecular weight is 322 g/mol. The third-order valence-electron chi connectivity index (χ3n) is 3.74. The van der Waals surface area contributed by atoms with Crippen LogP contribution in [0.2, 0.25) is 0 Å². The van der Waals surface area contributed by atoms with Crippen LogP contribution in [0.5, 0.6) is 0 Å². The van der Waals surface area contributed by atoms with Gasteiger partial charge in [-0.2, -0.15) is 13.2 Å². The molecule has 21 heavy (non-hydrogen) atoms. The summed E-state index contributed by atoms with van der Waals surface area (Å²) in [6.07, 6.45) is -2.86. The lowest BCUT2D eigenvalue weighted by molar-refractivity contribution is -0.137. The van der Waals surface area contributed by atoms with Crippen LogP contribution in [0.25, 0.3) is 0 Å². The highest BCUT2D eigenvalue weighted by Crippen LogP contribution is 2.40. The van der Waals surface area contributed by atoms with Crippen LogP contribution in [0.1, 0.15) is 25.3 Å². The van der Waals surface area contributed by atoms with Crippen LogP contribution in [0.3, 0.4) is 0 Å². The number of nitrogens with two attached hydrogens (primary N) is 1. The Morgan fingerprint density at radius 3 is 2.43 bits per heavy atom. The highest BCUT2D eigenvalue weighted by atomic mass is 32.2. The molecule has 8 heteroatoms. The molecule has 1 aliphatic carbocycles. The van der Waals surface area contributed by atoms with Crippen LogP contribution < -0.4 is 10.5 Å². The smallest absolute Gasteiger partial charge is 0.329 e. The van der Waals surface area contributed by atoms with Crippen molar-refractivity contribution >= 4 is 10.0 Å². The van der Waals surface area contributed by atoms with Gasteiger partial charge in [0.15, 0.2) is 0 Å². The number of halogens is 3. The molecule has 1 unspecified atom stereocenters. The Hall–Kier alpha value is -1.12. The van der Waals surface area contributed by atoms with Gasteiger partial charge in [-0.15, -0.1) is 0 Å². The number of hydrogen-bond acceptors (Lipinski definition) is 3. The Morgan fingerprint density at radius 1 is 1.33 bits per heavy atom. The van der Waals surface area contributed by atoms with Crippen molar-refractivity contribution in [2.75, 3.05) is 6.54 Å². The van der Waals surface area contributed by atoms with Crippen molar-refractivity contribution in [3.8, 4) is 0 Å². The lowest BCUT2D eigenvalue weighted by Crippen LogP contribution is -2.52. The van der Waals surface area contributed by atoms with Gasteiger partial charge in [0.2, 0.25) is 10.0 Å². The molecule has 0 spiro atoms. The van der Waals surface area contributed by atoms with Crippen molar-refractivity contribution in [1.82, 2.24) is 4.72 Å². The van der Waals surface area contributed by atoms with E-state index in [1.165, 1.54) is 0 Å². The summed E-state index contributed by atoms with van der Waals surface area (Å²) in [4.78, 5) is -0.405. The topological polar surface area (TPSA) is 72.2 Å². The first-order valence-corrected chi connectivity index (χ1v) is 7.98. The zero-order valence-corrected chi connectivity index (χ0v) is 12.3. The van der Waals surface area contributed by atoms with Crippen LogP contribution in [0, 0.1) is 5.92 Å². The highest BCUT2D eigenvalue weighted by Gasteiger charge is 2.43. The monoisotopic (exact) mass is 322 g/mol. The second kappa shape index (κ2) is 5.26. The van der Waals surface area contributed by atoms with Crippen LogP contribution in [-0.2, 0) is 16.2 Å². The molecule has 1 aliphatic rings. The maximum Gasteiger partial charge on any atom is 0.416 e. The van der Waals surface area contributed by atoms with E-state index in [-0.39, 0.29) is 12.5 Å². The molecule has 0 heterocycles. The summed E-state index contributed by atoms with van der Waals surface area (Å²) in [7, 11) is -4.05. The normalized spacial score (nSPS) is 19.3. The number of alkyl halides is 3. The summed E-state index contributed by atoms with van der Waals surface area (Å²) in [5.74, 6) is 0.128. The highest BCUT2D eigenvalue weighted by molar-refractivity contribution is 7.89. The number of sulfonamides is 1. The molecule has 0 bridgehead atoms. The number of rotatable bonds is 5. The third-order valence-corrected chi connectivity index (χ3v) is 5.35. The van der Waals surface area contributed by atoms with Gasteiger partial charge in [0, 0.05) is 12.1 Å². The molecular formula is C13H17F3N2O2S. The first-order chi connectivity index (χ1) is 9.58. The first-order valence-electron chi connectivity index (χ1n) is 6.50. The molecular weight excluding hydrogens is 305 g/mol. The van der Waals surface area contributed by atoms with Gasteiger partial charge < -0.3 is 5.73 Å². The van der Waals surface area contributed by atoms with E-state index in [0.717, 1.165) is 31.0 Å². The van der Waals surface area contributed by atoms with Crippen LogP contribution >= 0.6 is 0 Å². The molecule has 0 aliphatic heterocycles. The SMILES string of the molecule is CC(CN)(NS(=O)(=O)c1cccc(C(F)(F)F)c1)C1CC1. The second-order valence-electron chi connectivity index (χ2n) is 5.53.